The second kappa shape index (κ2) is 7.04. The van der Waals surface area contributed by atoms with E-state index in [9.17, 15) is 13.2 Å². The zero-order valence-corrected chi connectivity index (χ0v) is 11.2. The Morgan fingerprint density at radius 1 is 1.25 bits per heavy atom. The molecule has 0 bridgehead atoms. The lowest BCUT2D eigenvalue weighted by Gasteiger charge is -2.30. The minimum Gasteiger partial charge on any atom is -0.369 e. The fourth-order valence-electron chi connectivity index (χ4n) is 2.46. The van der Waals surface area contributed by atoms with Gasteiger partial charge in [0.15, 0.2) is 0 Å². The first-order valence-corrected chi connectivity index (χ1v) is 6.83. The highest BCUT2D eigenvalue weighted by Gasteiger charge is 2.31. The molecular formula is C14H19F3N2O. The van der Waals surface area contributed by atoms with E-state index in [-0.39, 0.29) is 12.1 Å². The van der Waals surface area contributed by atoms with E-state index < -0.39 is 12.8 Å². The van der Waals surface area contributed by atoms with Gasteiger partial charge in [-0.25, -0.2) is 0 Å². The topological polar surface area (TPSA) is 34.1 Å². The third-order valence-electron chi connectivity index (χ3n) is 3.45. The summed E-state index contributed by atoms with van der Waals surface area (Å²) in [7, 11) is 0. The van der Waals surface area contributed by atoms with Crippen LogP contribution in [0.5, 0.6) is 0 Å². The van der Waals surface area contributed by atoms with Gasteiger partial charge < -0.3 is 10.1 Å². The summed E-state index contributed by atoms with van der Waals surface area (Å²) >= 11 is 0. The molecule has 6 heteroatoms. The van der Waals surface area contributed by atoms with Crippen molar-refractivity contribution in [2.45, 2.75) is 50.6 Å². The Labute approximate surface area is 116 Å². The molecule has 1 N–H and O–H groups in total. The van der Waals surface area contributed by atoms with Crippen LogP contribution in [0.1, 0.15) is 31.2 Å². The van der Waals surface area contributed by atoms with Crippen LogP contribution in [0.25, 0.3) is 0 Å². The maximum Gasteiger partial charge on any atom is 0.411 e. The number of nitrogens with zero attached hydrogens (tertiary/aromatic N) is 1. The standard InChI is InChI=1S/C14H19F3N2O/c15-14(16,17)10-20-13-3-1-2-12(8-13)19-9-11-4-6-18-7-5-11/h4-7,12-13,19H,1-3,8-10H2. The molecule has 0 saturated heterocycles. The van der Waals surface area contributed by atoms with E-state index in [0.29, 0.717) is 19.4 Å². The lowest BCUT2D eigenvalue weighted by molar-refractivity contribution is -0.188. The first kappa shape index (κ1) is 15.3. The Hall–Kier alpha value is -1.14. The molecular weight excluding hydrogens is 269 g/mol. The molecule has 1 aliphatic carbocycles. The van der Waals surface area contributed by atoms with Crippen LogP contribution in [0.3, 0.4) is 0 Å². The Morgan fingerprint density at radius 2 is 2.00 bits per heavy atom. The summed E-state index contributed by atoms with van der Waals surface area (Å²) in [6, 6.07) is 4.07. The third kappa shape index (κ3) is 5.46. The van der Waals surface area contributed by atoms with Crippen molar-refractivity contribution in [3.8, 4) is 0 Å². The van der Waals surface area contributed by atoms with E-state index in [1.54, 1.807) is 12.4 Å². The Balaban J connectivity index is 1.73. The van der Waals surface area contributed by atoms with Gasteiger partial charge in [-0.1, -0.05) is 0 Å². The van der Waals surface area contributed by atoms with E-state index in [4.69, 9.17) is 4.74 Å². The summed E-state index contributed by atoms with van der Waals surface area (Å²) in [5.74, 6) is 0. The average molecular weight is 288 g/mol. The molecule has 1 saturated carbocycles. The number of rotatable bonds is 5. The van der Waals surface area contributed by atoms with Gasteiger partial charge in [0, 0.05) is 25.0 Å². The summed E-state index contributed by atoms with van der Waals surface area (Å²) < 4.78 is 41.3. The monoisotopic (exact) mass is 288 g/mol. The summed E-state index contributed by atoms with van der Waals surface area (Å²) in [4.78, 5) is 3.95. The van der Waals surface area contributed by atoms with Crippen LogP contribution in [0.15, 0.2) is 24.5 Å². The fraction of sp³-hybridized carbons (Fsp3) is 0.643. The Morgan fingerprint density at radius 3 is 2.70 bits per heavy atom. The highest BCUT2D eigenvalue weighted by Crippen LogP contribution is 2.24. The molecule has 0 aromatic carbocycles. The van der Waals surface area contributed by atoms with Gasteiger partial charge >= 0.3 is 6.18 Å². The van der Waals surface area contributed by atoms with E-state index in [1.165, 1.54) is 0 Å². The van der Waals surface area contributed by atoms with Crippen LogP contribution in [0.2, 0.25) is 0 Å². The van der Waals surface area contributed by atoms with Gasteiger partial charge in [0.05, 0.1) is 6.10 Å². The van der Waals surface area contributed by atoms with Gasteiger partial charge in [-0.2, -0.15) is 13.2 Å². The number of hydrogen-bond donors (Lipinski definition) is 1. The number of alkyl halides is 3. The molecule has 2 atom stereocenters. The molecule has 1 aliphatic rings. The minimum absolute atomic E-state index is 0.218. The Bertz CT molecular complexity index is 397. The average Bonchev–Trinajstić information content (AvgIpc) is 2.44. The highest BCUT2D eigenvalue weighted by molar-refractivity contribution is 5.09. The Kier molecular flexibility index (Phi) is 5.37. The van der Waals surface area contributed by atoms with Crippen molar-refractivity contribution in [1.82, 2.24) is 10.3 Å². The van der Waals surface area contributed by atoms with Crippen LogP contribution in [0, 0.1) is 0 Å². The van der Waals surface area contributed by atoms with Crippen molar-refractivity contribution in [1.29, 1.82) is 0 Å². The predicted molar refractivity (Wildman–Crippen MR) is 69.1 cm³/mol. The van der Waals surface area contributed by atoms with Crippen LogP contribution in [-0.4, -0.2) is 29.9 Å². The second-order valence-corrected chi connectivity index (χ2v) is 5.15. The first-order valence-electron chi connectivity index (χ1n) is 6.83. The molecule has 0 radical (unpaired) electrons. The number of hydrogen-bond acceptors (Lipinski definition) is 3. The second-order valence-electron chi connectivity index (χ2n) is 5.15. The maximum atomic E-state index is 12.1. The van der Waals surface area contributed by atoms with Gasteiger partial charge in [-0.15, -0.1) is 0 Å². The van der Waals surface area contributed by atoms with Gasteiger partial charge in [-0.3, -0.25) is 4.98 Å². The normalized spacial score (nSPS) is 23.8. The summed E-state index contributed by atoms with van der Waals surface area (Å²) in [5, 5.41) is 3.38. The first-order chi connectivity index (χ1) is 9.53. The zero-order chi connectivity index (χ0) is 14.4. The van der Waals surface area contributed by atoms with Crippen molar-refractivity contribution < 1.29 is 17.9 Å². The number of ether oxygens (including phenoxy) is 1. The number of aromatic nitrogens is 1. The predicted octanol–water partition coefficient (Wildman–Crippen LogP) is 3.06. The summed E-state index contributed by atoms with van der Waals surface area (Å²) in [6.07, 6.45) is 2.16. The van der Waals surface area contributed by atoms with Crippen LogP contribution in [-0.2, 0) is 11.3 Å². The van der Waals surface area contributed by atoms with Crippen LogP contribution in [0.4, 0.5) is 13.2 Å². The SMILES string of the molecule is FC(F)(F)COC1CCCC(NCc2ccncc2)C1. The zero-order valence-electron chi connectivity index (χ0n) is 11.2. The molecule has 20 heavy (non-hydrogen) atoms. The molecule has 2 unspecified atom stereocenters. The quantitative estimate of drug-likeness (QED) is 0.904. The van der Waals surface area contributed by atoms with Crippen molar-refractivity contribution in [2.75, 3.05) is 6.61 Å². The van der Waals surface area contributed by atoms with Gasteiger partial charge in [-0.05, 0) is 43.4 Å². The summed E-state index contributed by atoms with van der Waals surface area (Å²) in [5.41, 5.74) is 1.12. The van der Waals surface area contributed by atoms with Crippen molar-refractivity contribution >= 4 is 0 Å². The molecule has 0 spiro atoms. The smallest absolute Gasteiger partial charge is 0.369 e. The number of nitrogens with one attached hydrogen (secondary N) is 1. The van der Waals surface area contributed by atoms with Crippen LogP contribution >= 0.6 is 0 Å². The number of halogens is 3. The molecule has 1 fully saturated rings. The van der Waals surface area contributed by atoms with Gasteiger partial charge in [0.1, 0.15) is 6.61 Å². The van der Waals surface area contributed by atoms with E-state index >= 15 is 0 Å². The van der Waals surface area contributed by atoms with E-state index in [2.05, 4.69) is 10.3 Å². The highest BCUT2D eigenvalue weighted by atomic mass is 19.4. The maximum absolute atomic E-state index is 12.1. The lowest BCUT2D eigenvalue weighted by atomic mass is 9.92. The molecule has 0 amide bonds. The molecule has 112 valence electrons. The van der Waals surface area contributed by atoms with Gasteiger partial charge in [0.25, 0.3) is 0 Å². The van der Waals surface area contributed by atoms with Crippen molar-refractivity contribution in [3.63, 3.8) is 0 Å². The molecule has 1 aromatic rings. The molecule has 1 aromatic heterocycles. The van der Waals surface area contributed by atoms with Gasteiger partial charge in [0.2, 0.25) is 0 Å². The lowest BCUT2D eigenvalue weighted by Crippen LogP contribution is -2.37. The van der Waals surface area contributed by atoms with Crippen molar-refractivity contribution in [2.24, 2.45) is 0 Å². The summed E-state index contributed by atoms with van der Waals surface area (Å²) in [6.45, 7) is -0.437. The van der Waals surface area contributed by atoms with Crippen molar-refractivity contribution in [3.05, 3.63) is 30.1 Å². The van der Waals surface area contributed by atoms with Crippen LogP contribution < -0.4 is 5.32 Å². The fourth-order valence-corrected chi connectivity index (χ4v) is 2.46. The third-order valence-corrected chi connectivity index (χ3v) is 3.45. The largest absolute Gasteiger partial charge is 0.411 e. The number of pyridine rings is 1. The van der Waals surface area contributed by atoms with E-state index in [0.717, 1.165) is 18.4 Å². The molecule has 0 aliphatic heterocycles. The molecule has 2 rings (SSSR count). The van der Waals surface area contributed by atoms with E-state index in [1.807, 2.05) is 12.1 Å². The molecule has 1 heterocycles. The molecule has 3 nitrogen and oxygen atoms in total. The minimum atomic E-state index is -4.24.